The van der Waals surface area contributed by atoms with Gasteiger partial charge in [-0.15, -0.1) is 0 Å². The van der Waals surface area contributed by atoms with Crippen molar-refractivity contribution >= 4 is 27.5 Å². The number of nitrogens with one attached hydrogen (secondary N) is 1. The first-order valence-corrected chi connectivity index (χ1v) is 11.8. The third-order valence-corrected chi connectivity index (χ3v) is 7.09. The van der Waals surface area contributed by atoms with Gasteiger partial charge in [-0.2, -0.15) is 4.31 Å². The highest BCUT2D eigenvalue weighted by Crippen LogP contribution is 2.21. The fourth-order valence-electron chi connectivity index (χ4n) is 3.12. The lowest BCUT2D eigenvalue weighted by atomic mass is 10.1. The van der Waals surface area contributed by atoms with Crippen LogP contribution in [0.25, 0.3) is 0 Å². The summed E-state index contributed by atoms with van der Waals surface area (Å²) in [4.78, 5) is 12.8. The third-order valence-electron chi connectivity index (χ3n) is 5.03. The van der Waals surface area contributed by atoms with E-state index in [1.807, 2.05) is 43.3 Å². The summed E-state index contributed by atoms with van der Waals surface area (Å²) in [5.74, 6) is 0.325. The van der Waals surface area contributed by atoms with Crippen molar-refractivity contribution in [2.75, 3.05) is 13.7 Å². The molecule has 1 amide bonds. The number of nitrogens with zero attached hydrogens (tertiary/aromatic N) is 1. The van der Waals surface area contributed by atoms with Gasteiger partial charge < -0.3 is 10.1 Å². The maximum Gasteiger partial charge on any atom is 0.243 e. The molecular formula is C24H25ClN2O4S. The van der Waals surface area contributed by atoms with Gasteiger partial charge in [0.15, 0.2) is 0 Å². The summed E-state index contributed by atoms with van der Waals surface area (Å²) < 4.78 is 33.0. The molecule has 0 spiro atoms. The van der Waals surface area contributed by atoms with E-state index in [0.29, 0.717) is 5.02 Å². The molecule has 0 saturated carbocycles. The fourth-order valence-corrected chi connectivity index (χ4v) is 4.62. The van der Waals surface area contributed by atoms with Crippen LogP contribution in [0.2, 0.25) is 5.02 Å². The molecule has 168 valence electrons. The Balaban J connectivity index is 1.79. The van der Waals surface area contributed by atoms with Crippen LogP contribution in [0.15, 0.2) is 77.7 Å². The summed E-state index contributed by atoms with van der Waals surface area (Å²) >= 11 is 5.91. The lowest BCUT2D eigenvalue weighted by Gasteiger charge is -2.23. The number of amides is 1. The summed E-state index contributed by atoms with van der Waals surface area (Å²) in [7, 11) is -2.34. The Hall–Kier alpha value is -2.87. The molecule has 3 aromatic carbocycles. The molecule has 0 radical (unpaired) electrons. The van der Waals surface area contributed by atoms with E-state index in [1.54, 1.807) is 19.2 Å². The summed E-state index contributed by atoms with van der Waals surface area (Å²) in [6.07, 6.45) is 0. The molecular weight excluding hydrogens is 448 g/mol. The van der Waals surface area contributed by atoms with Crippen molar-refractivity contribution < 1.29 is 17.9 Å². The molecule has 0 saturated heterocycles. The van der Waals surface area contributed by atoms with Crippen LogP contribution < -0.4 is 10.1 Å². The fraction of sp³-hybridized carbons (Fsp3) is 0.208. The van der Waals surface area contributed by atoms with Crippen LogP contribution in [0, 0.1) is 6.92 Å². The van der Waals surface area contributed by atoms with Crippen molar-refractivity contribution in [3.63, 3.8) is 0 Å². The van der Waals surface area contributed by atoms with Crippen LogP contribution in [-0.4, -0.2) is 32.3 Å². The Morgan fingerprint density at radius 2 is 1.66 bits per heavy atom. The first kappa shape index (κ1) is 23.8. The zero-order valence-corrected chi connectivity index (χ0v) is 19.5. The number of sulfonamides is 1. The summed E-state index contributed by atoms with van der Waals surface area (Å²) in [6, 6.07) is 20.7. The van der Waals surface area contributed by atoms with Gasteiger partial charge in [-0.25, -0.2) is 8.42 Å². The number of benzene rings is 3. The van der Waals surface area contributed by atoms with Crippen molar-refractivity contribution in [2.24, 2.45) is 0 Å². The predicted molar refractivity (Wildman–Crippen MR) is 125 cm³/mol. The van der Waals surface area contributed by atoms with Crippen LogP contribution in [0.5, 0.6) is 5.75 Å². The predicted octanol–water partition coefficient (Wildman–Crippen LogP) is 4.16. The summed E-state index contributed by atoms with van der Waals surface area (Å²) in [6.45, 7) is 1.96. The third kappa shape index (κ3) is 6.09. The van der Waals surface area contributed by atoms with Crippen LogP contribution in [0.3, 0.4) is 0 Å². The second-order valence-corrected chi connectivity index (χ2v) is 9.65. The highest BCUT2D eigenvalue weighted by molar-refractivity contribution is 7.89. The van der Waals surface area contributed by atoms with Crippen molar-refractivity contribution in [3.05, 3.63) is 94.5 Å². The Morgan fingerprint density at radius 1 is 1.00 bits per heavy atom. The highest BCUT2D eigenvalue weighted by Gasteiger charge is 2.27. The number of halogens is 1. The Morgan fingerprint density at radius 3 is 2.28 bits per heavy atom. The van der Waals surface area contributed by atoms with Gasteiger partial charge in [-0.3, -0.25) is 4.79 Å². The van der Waals surface area contributed by atoms with E-state index in [2.05, 4.69) is 5.32 Å². The summed E-state index contributed by atoms with van der Waals surface area (Å²) in [5.41, 5.74) is 2.65. The van der Waals surface area contributed by atoms with Gasteiger partial charge in [-0.05, 0) is 60.0 Å². The van der Waals surface area contributed by atoms with Crippen molar-refractivity contribution in [1.82, 2.24) is 9.62 Å². The maximum atomic E-state index is 13.3. The molecule has 0 atom stereocenters. The van der Waals surface area contributed by atoms with Crippen LogP contribution in [-0.2, 0) is 27.9 Å². The zero-order chi connectivity index (χ0) is 23.1. The van der Waals surface area contributed by atoms with Crippen molar-refractivity contribution in [2.45, 2.75) is 24.9 Å². The van der Waals surface area contributed by atoms with E-state index in [4.69, 9.17) is 16.3 Å². The maximum absolute atomic E-state index is 13.3. The minimum absolute atomic E-state index is 0.0770. The first-order chi connectivity index (χ1) is 15.3. The molecule has 3 aromatic rings. The van der Waals surface area contributed by atoms with Gasteiger partial charge >= 0.3 is 0 Å². The average molecular weight is 473 g/mol. The largest absolute Gasteiger partial charge is 0.497 e. The average Bonchev–Trinajstić information content (AvgIpc) is 2.79. The van der Waals surface area contributed by atoms with Gasteiger partial charge in [-0.1, -0.05) is 48.0 Å². The lowest BCUT2D eigenvalue weighted by molar-refractivity contribution is -0.121. The number of rotatable bonds is 9. The topological polar surface area (TPSA) is 75.7 Å². The van der Waals surface area contributed by atoms with Crippen LogP contribution in [0.1, 0.15) is 16.7 Å². The Kier molecular flexibility index (Phi) is 7.90. The van der Waals surface area contributed by atoms with Crippen molar-refractivity contribution in [3.8, 4) is 5.75 Å². The molecule has 8 heteroatoms. The van der Waals surface area contributed by atoms with Crippen molar-refractivity contribution in [1.29, 1.82) is 0 Å². The molecule has 3 rings (SSSR count). The highest BCUT2D eigenvalue weighted by atomic mass is 35.5. The van der Waals surface area contributed by atoms with E-state index in [1.165, 1.54) is 28.6 Å². The van der Waals surface area contributed by atoms with Gasteiger partial charge in [0.1, 0.15) is 5.75 Å². The van der Waals surface area contributed by atoms with E-state index >= 15 is 0 Å². The number of ether oxygens (including phenoxy) is 1. The summed E-state index contributed by atoms with van der Waals surface area (Å²) in [5, 5.41) is 3.23. The standard InChI is InChI=1S/C24H25ClN2O4S/c1-18-5-3-4-6-20(18)16-27(32(29,30)23-13-9-21(25)10-14-23)17-24(28)26-15-19-7-11-22(31-2)12-8-19/h3-14H,15-17H2,1-2H3,(H,26,28). The Labute approximate surface area is 193 Å². The number of hydrogen-bond donors (Lipinski definition) is 1. The SMILES string of the molecule is COc1ccc(CNC(=O)CN(Cc2ccccc2C)S(=O)(=O)c2ccc(Cl)cc2)cc1. The van der Waals surface area contributed by atoms with E-state index in [0.717, 1.165) is 22.4 Å². The smallest absolute Gasteiger partial charge is 0.243 e. The van der Waals surface area contributed by atoms with Crippen LogP contribution >= 0.6 is 11.6 Å². The normalized spacial score (nSPS) is 11.4. The minimum atomic E-state index is -3.92. The van der Waals surface area contributed by atoms with Crippen LogP contribution in [0.4, 0.5) is 0 Å². The second-order valence-electron chi connectivity index (χ2n) is 7.28. The number of hydrogen-bond acceptors (Lipinski definition) is 4. The second kappa shape index (κ2) is 10.6. The van der Waals surface area contributed by atoms with Gasteiger partial charge in [0.05, 0.1) is 18.6 Å². The van der Waals surface area contributed by atoms with Gasteiger partial charge in [0, 0.05) is 18.1 Å². The molecule has 0 aliphatic rings. The van der Waals surface area contributed by atoms with Gasteiger partial charge in [0.25, 0.3) is 0 Å². The zero-order valence-electron chi connectivity index (χ0n) is 17.9. The molecule has 6 nitrogen and oxygen atoms in total. The number of carbonyl (C=O) groups is 1. The minimum Gasteiger partial charge on any atom is -0.497 e. The van der Waals surface area contributed by atoms with Gasteiger partial charge in [0.2, 0.25) is 15.9 Å². The molecule has 0 unspecified atom stereocenters. The number of methoxy groups -OCH3 is 1. The van der Waals surface area contributed by atoms with E-state index in [-0.39, 0.29) is 24.5 Å². The quantitative estimate of drug-likeness (QED) is 0.507. The monoisotopic (exact) mass is 472 g/mol. The molecule has 0 aliphatic heterocycles. The molecule has 0 heterocycles. The molecule has 0 fully saturated rings. The lowest BCUT2D eigenvalue weighted by Crippen LogP contribution is -2.40. The number of carbonyl (C=O) groups excluding carboxylic acids is 1. The molecule has 32 heavy (non-hydrogen) atoms. The molecule has 1 N–H and O–H groups in total. The molecule has 0 aliphatic carbocycles. The van der Waals surface area contributed by atoms with E-state index < -0.39 is 15.9 Å². The first-order valence-electron chi connectivity index (χ1n) is 9.99. The molecule has 0 bridgehead atoms. The van der Waals surface area contributed by atoms with E-state index in [9.17, 15) is 13.2 Å². The molecule has 0 aromatic heterocycles. The Bertz CT molecular complexity index is 1160. The number of aryl methyl sites for hydroxylation is 1.